The van der Waals surface area contributed by atoms with E-state index in [9.17, 15) is 13.2 Å². The lowest BCUT2D eigenvalue weighted by molar-refractivity contribution is 0.102. The molecular formula is C15H20ClN3O4S. The normalized spacial score (nSPS) is 10.8. The molecule has 24 heavy (non-hydrogen) atoms. The zero-order valence-corrected chi connectivity index (χ0v) is 14.7. The maximum atomic E-state index is 12.0. The lowest BCUT2D eigenvalue weighted by Gasteiger charge is -2.08. The van der Waals surface area contributed by atoms with Crippen LogP contribution in [0.4, 0.5) is 11.4 Å². The van der Waals surface area contributed by atoms with E-state index in [0.717, 1.165) is 0 Å². The molecule has 1 aromatic heterocycles. The van der Waals surface area contributed by atoms with Gasteiger partial charge >= 0.3 is 0 Å². The van der Waals surface area contributed by atoms with E-state index >= 15 is 0 Å². The quantitative estimate of drug-likeness (QED) is 0.690. The van der Waals surface area contributed by atoms with Gasteiger partial charge in [-0.15, -0.1) is 12.4 Å². The first-order valence-corrected chi connectivity index (χ1v) is 8.78. The predicted octanol–water partition coefficient (Wildman–Crippen LogP) is 2.56. The summed E-state index contributed by atoms with van der Waals surface area (Å²) in [6.07, 6.45) is 1.88. The van der Waals surface area contributed by atoms with Gasteiger partial charge in [0.2, 0.25) is 10.0 Å². The first-order chi connectivity index (χ1) is 10.9. The Bertz CT molecular complexity index is 772. The van der Waals surface area contributed by atoms with E-state index < -0.39 is 10.0 Å². The number of hydrogen-bond acceptors (Lipinski definition) is 5. The maximum Gasteiger partial charge on any atom is 0.258 e. The number of nitrogens with two attached hydrogens (primary N) is 1. The number of halogens is 1. The molecule has 2 aromatic rings. The van der Waals surface area contributed by atoms with Gasteiger partial charge in [0.1, 0.15) is 12.0 Å². The molecule has 0 saturated heterocycles. The van der Waals surface area contributed by atoms with E-state index in [1.807, 2.05) is 0 Å². The van der Waals surface area contributed by atoms with Crippen molar-refractivity contribution in [2.75, 3.05) is 15.8 Å². The van der Waals surface area contributed by atoms with E-state index in [4.69, 9.17) is 10.2 Å². The molecule has 0 aliphatic rings. The molecule has 7 nitrogen and oxygen atoms in total. The second-order valence-electron chi connectivity index (χ2n) is 4.96. The van der Waals surface area contributed by atoms with Crippen molar-refractivity contribution in [3.05, 3.63) is 47.9 Å². The Hall–Kier alpha value is -2.03. The molecule has 0 atom stereocenters. The first-order valence-electron chi connectivity index (χ1n) is 7.13. The van der Waals surface area contributed by atoms with Crippen LogP contribution in [0.5, 0.6) is 0 Å². The van der Waals surface area contributed by atoms with Crippen molar-refractivity contribution in [3.8, 4) is 0 Å². The summed E-state index contributed by atoms with van der Waals surface area (Å²) < 4.78 is 30.9. The molecule has 0 spiro atoms. The average Bonchev–Trinajstić information content (AvgIpc) is 2.98. The van der Waals surface area contributed by atoms with E-state index in [2.05, 4.69) is 10.0 Å². The number of carbonyl (C=O) groups is 1. The first kappa shape index (κ1) is 20.0. The summed E-state index contributed by atoms with van der Waals surface area (Å²) in [5, 5.41) is 2.69. The van der Waals surface area contributed by atoms with Gasteiger partial charge < -0.3 is 15.5 Å². The summed E-state index contributed by atoms with van der Waals surface area (Å²) in [4.78, 5) is 12.0. The number of rotatable bonds is 7. The molecular weight excluding hydrogens is 354 g/mol. The molecule has 1 amide bonds. The second-order valence-corrected chi connectivity index (χ2v) is 6.80. The molecule has 0 saturated carbocycles. The molecule has 0 aliphatic heterocycles. The Morgan fingerprint density at radius 1 is 1.21 bits per heavy atom. The fourth-order valence-corrected chi connectivity index (χ4v) is 3.07. The predicted molar refractivity (Wildman–Crippen MR) is 95.9 cm³/mol. The number of furan rings is 1. The highest BCUT2D eigenvalue weighted by Crippen LogP contribution is 2.17. The lowest BCUT2D eigenvalue weighted by atomic mass is 10.2. The van der Waals surface area contributed by atoms with E-state index in [1.165, 1.54) is 6.26 Å². The Balaban J connectivity index is 0.00000288. The summed E-state index contributed by atoms with van der Waals surface area (Å²) in [6.45, 7) is 2.02. The smallest absolute Gasteiger partial charge is 0.258 e. The summed E-state index contributed by atoms with van der Waals surface area (Å²) in [7, 11) is -3.33. The summed E-state index contributed by atoms with van der Waals surface area (Å²) in [5.74, 6) is 0.263. The van der Waals surface area contributed by atoms with Gasteiger partial charge in [-0.25, -0.2) is 8.42 Å². The van der Waals surface area contributed by atoms with Crippen LogP contribution in [0.15, 0.2) is 41.0 Å². The largest absolute Gasteiger partial charge is 0.467 e. The van der Waals surface area contributed by atoms with Crippen LogP contribution in [0.25, 0.3) is 0 Å². The van der Waals surface area contributed by atoms with Crippen LogP contribution in [-0.2, 0) is 16.6 Å². The van der Waals surface area contributed by atoms with Gasteiger partial charge in [-0.1, -0.05) is 6.92 Å². The molecule has 1 heterocycles. The summed E-state index contributed by atoms with van der Waals surface area (Å²) >= 11 is 0. The molecule has 0 bridgehead atoms. The lowest BCUT2D eigenvalue weighted by Crippen LogP contribution is -2.16. The number of benzene rings is 1. The van der Waals surface area contributed by atoms with Gasteiger partial charge in [0.15, 0.2) is 0 Å². The van der Waals surface area contributed by atoms with Crippen LogP contribution in [0.3, 0.4) is 0 Å². The Morgan fingerprint density at radius 3 is 2.38 bits per heavy atom. The number of amides is 1. The van der Waals surface area contributed by atoms with Crippen molar-refractivity contribution in [1.82, 2.24) is 0 Å². The van der Waals surface area contributed by atoms with E-state index in [0.29, 0.717) is 29.1 Å². The van der Waals surface area contributed by atoms with Crippen LogP contribution in [0.1, 0.15) is 29.5 Å². The molecule has 2 rings (SSSR count). The Kier molecular flexibility index (Phi) is 7.27. The maximum absolute atomic E-state index is 12.0. The minimum Gasteiger partial charge on any atom is -0.467 e. The molecule has 0 radical (unpaired) electrons. The SMILES string of the molecule is CCCS(=O)(=O)Nc1ccc(NC(=O)c2coc(CN)c2)cc1.Cl. The third kappa shape index (κ3) is 5.55. The van der Waals surface area contributed by atoms with Crippen LogP contribution in [0, 0.1) is 0 Å². The monoisotopic (exact) mass is 373 g/mol. The van der Waals surface area contributed by atoms with Gasteiger partial charge in [0.05, 0.1) is 17.9 Å². The average molecular weight is 374 g/mol. The minimum absolute atomic E-state index is 0. The Morgan fingerprint density at radius 2 is 1.83 bits per heavy atom. The van der Waals surface area contributed by atoms with Crippen LogP contribution < -0.4 is 15.8 Å². The van der Waals surface area contributed by atoms with E-state index in [1.54, 1.807) is 37.3 Å². The molecule has 0 aliphatic carbocycles. The van der Waals surface area contributed by atoms with Crippen molar-refractivity contribution < 1.29 is 17.6 Å². The molecule has 132 valence electrons. The van der Waals surface area contributed by atoms with Crippen molar-refractivity contribution in [3.63, 3.8) is 0 Å². The summed E-state index contributed by atoms with van der Waals surface area (Å²) in [5.41, 5.74) is 6.79. The van der Waals surface area contributed by atoms with Gasteiger partial charge in [0, 0.05) is 11.4 Å². The highest BCUT2D eigenvalue weighted by atomic mass is 35.5. The zero-order valence-electron chi connectivity index (χ0n) is 13.1. The molecule has 0 unspecified atom stereocenters. The number of sulfonamides is 1. The van der Waals surface area contributed by atoms with Gasteiger partial charge in [-0.05, 0) is 36.8 Å². The summed E-state index contributed by atoms with van der Waals surface area (Å²) in [6, 6.07) is 7.98. The highest BCUT2D eigenvalue weighted by molar-refractivity contribution is 7.92. The van der Waals surface area contributed by atoms with Crippen molar-refractivity contribution in [2.45, 2.75) is 19.9 Å². The van der Waals surface area contributed by atoms with E-state index in [-0.39, 0.29) is 30.6 Å². The third-order valence-corrected chi connectivity index (χ3v) is 4.50. The standard InChI is InChI=1S/C15H19N3O4S.ClH/c1-2-7-23(20,21)18-13-5-3-12(4-6-13)17-15(19)11-8-14(9-16)22-10-11;/h3-6,8,10,18H,2,7,9,16H2,1H3,(H,17,19);1H. The van der Waals surface area contributed by atoms with Gasteiger partial charge in [0.25, 0.3) is 5.91 Å². The third-order valence-electron chi connectivity index (χ3n) is 3.01. The number of hydrogen-bond donors (Lipinski definition) is 3. The molecule has 1 aromatic carbocycles. The van der Waals surface area contributed by atoms with Gasteiger partial charge in [-0.2, -0.15) is 0 Å². The highest BCUT2D eigenvalue weighted by Gasteiger charge is 2.11. The number of anilines is 2. The molecule has 9 heteroatoms. The fourth-order valence-electron chi connectivity index (χ4n) is 1.93. The van der Waals surface area contributed by atoms with Crippen LogP contribution in [-0.4, -0.2) is 20.1 Å². The molecule has 0 fully saturated rings. The zero-order chi connectivity index (χ0) is 16.9. The minimum atomic E-state index is -3.33. The number of carbonyl (C=O) groups excluding carboxylic acids is 1. The van der Waals surface area contributed by atoms with Crippen molar-refractivity contribution in [1.29, 1.82) is 0 Å². The Labute approximate surface area is 147 Å². The fraction of sp³-hybridized carbons (Fsp3) is 0.267. The second kappa shape index (κ2) is 8.72. The van der Waals surface area contributed by atoms with Crippen molar-refractivity contribution in [2.24, 2.45) is 5.73 Å². The topological polar surface area (TPSA) is 114 Å². The van der Waals surface area contributed by atoms with Crippen molar-refractivity contribution >= 4 is 39.7 Å². The van der Waals surface area contributed by atoms with Gasteiger partial charge in [-0.3, -0.25) is 9.52 Å². The van der Waals surface area contributed by atoms with Crippen LogP contribution >= 0.6 is 12.4 Å². The molecule has 4 N–H and O–H groups in total. The van der Waals surface area contributed by atoms with Crippen LogP contribution in [0.2, 0.25) is 0 Å². The number of nitrogens with one attached hydrogen (secondary N) is 2.